The number of aliphatic hydroxyl groups is 1. The first kappa shape index (κ1) is 11.9. The third kappa shape index (κ3) is 1.98. The number of amides is 1. The summed E-state index contributed by atoms with van der Waals surface area (Å²) < 4.78 is 0.808. The number of hydrogen-bond donors (Lipinski definition) is 2. The van der Waals surface area contributed by atoms with Gasteiger partial charge in [0.05, 0.1) is 6.42 Å². The van der Waals surface area contributed by atoms with Crippen molar-refractivity contribution in [1.29, 1.82) is 0 Å². The summed E-state index contributed by atoms with van der Waals surface area (Å²) in [6.45, 7) is 0. The lowest BCUT2D eigenvalue weighted by molar-refractivity contribution is -0.115. The summed E-state index contributed by atoms with van der Waals surface area (Å²) >= 11 is 5.00. The number of thiophene rings is 1. The lowest BCUT2D eigenvalue weighted by Crippen LogP contribution is -2.03. The molecule has 2 N–H and O–H groups in total. The molecule has 1 atom stereocenters. The van der Waals surface area contributed by atoms with Crippen molar-refractivity contribution in [2.75, 3.05) is 5.32 Å². The normalized spacial score (nSPS) is 15.3. The van der Waals surface area contributed by atoms with Gasteiger partial charge in [-0.25, -0.2) is 0 Å². The summed E-state index contributed by atoms with van der Waals surface area (Å²) in [6.07, 6.45) is -0.280. The van der Waals surface area contributed by atoms with E-state index >= 15 is 0 Å². The van der Waals surface area contributed by atoms with Gasteiger partial charge >= 0.3 is 0 Å². The molecule has 1 aromatic heterocycles. The van der Waals surface area contributed by atoms with Crippen molar-refractivity contribution in [3.05, 3.63) is 50.1 Å². The number of anilines is 1. The minimum absolute atomic E-state index is 0.000858. The van der Waals surface area contributed by atoms with Gasteiger partial charge in [0.1, 0.15) is 6.10 Å². The molecular formula is C13H10BrNO2S. The van der Waals surface area contributed by atoms with Crippen LogP contribution < -0.4 is 5.32 Å². The van der Waals surface area contributed by atoms with Crippen LogP contribution in [0.4, 0.5) is 5.69 Å². The lowest BCUT2D eigenvalue weighted by atomic mass is 10.0. The van der Waals surface area contributed by atoms with E-state index < -0.39 is 6.10 Å². The number of nitrogens with one attached hydrogen (secondary N) is 1. The van der Waals surface area contributed by atoms with Crippen LogP contribution in [0.1, 0.15) is 22.8 Å². The van der Waals surface area contributed by atoms with E-state index in [1.54, 1.807) is 11.3 Å². The van der Waals surface area contributed by atoms with Crippen molar-refractivity contribution in [3.63, 3.8) is 0 Å². The first-order valence-electron chi connectivity index (χ1n) is 5.47. The number of hydrogen-bond acceptors (Lipinski definition) is 3. The van der Waals surface area contributed by atoms with Crippen LogP contribution in [0.3, 0.4) is 0 Å². The second-order valence-electron chi connectivity index (χ2n) is 4.22. The Balaban J connectivity index is 2.03. The highest BCUT2D eigenvalue weighted by Gasteiger charge is 2.22. The molecule has 1 aliphatic heterocycles. The van der Waals surface area contributed by atoms with Gasteiger partial charge in [-0.3, -0.25) is 4.79 Å². The summed E-state index contributed by atoms with van der Waals surface area (Å²) in [7, 11) is 0. The molecule has 0 fully saturated rings. The number of fused-ring (bicyclic) bond motifs is 1. The smallest absolute Gasteiger partial charge is 0.228 e. The molecule has 0 radical (unpaired) electrons. The number of halogens is 1. The molecule has 1 amide bonds. The van der Waals surface area contributed by atoms with Crippen LogP contribution in [-0.4, -0.2) is 11.0 Å². The maximum atomic E-state index is 11.3. The SMILES string of the molecule is O=C1Cc2cc(C(O)c3ccsc3)c(Br)cc2N1. The third-order valence-corrected chi connectivity index (χ3v) is 4.39. The van der Waals surface area contributed by atoms with Gasteiger partial charge in [0.15, 0.2) is 0 Å². The van der Waals surface area contributed by atoms with Crippen LogP contribution in [0.2, 0.25) is 0 Å². The van der Waals surface area contributed by atoms with Gasteiger partial charge in [-0.1, -0.05) is 15.9 Å². The zero-order chi connectivity index (χ0) is 12.7. The summed E-state index contributed by atoms with van der Waals surface area (Å²) in [5.41, 5.74) is 3.43. The average Bonchev–Trinajstić information content (AvgIpc) is 2.94. The number of rotatable bonds is 2. The molecule has 0 saturated carbocycles. The van der Waals surface area contributed by atoms with Crippen molar-refractivity contribution in [3.8, 4) is 0 Å². The Bertz CT molecular complexity index is 610. The molecule has 0 aliphatic carbocycles. The fraction of sp³-hybridized carbons (Fsp3) is 0.154. The summed E-state index contributed by atoms with van der Waals surface area (Å²) in [4.78, 5) is 11.3. The lowest BCUT2D eigenvalue weighted by Gasteiger charge is -2.13. The Morgan fingerprint density at radius 2 is 2.28 bits per heavy atom. The van der Waals surface area contributed by atoms with Gasteiger partial charge in [-0.15, -0.1) is 0 Å². The molecule has 3 rings (SSSR count). The predicted molar refractivity (Wildman–Crippen MR) is 74.9 cm³/mol. The predicted octanol–water partition coefficient (Wildman–Crippen LogP) is 3.09. The molecule has 3 nitrogen and oxygen atoms in total. The number of aliphatic hydroxyl groups excluding tert-OH is 1. The first-order chi connectivity index (χ1) is 8.65. The van der Waals surface area contributed by atoms with Crippen molar-refractivity contribution in [2.24, 2.45) is 0 Å². The molecule has 18 heavy (non-hydrogen) atoms. The highest BCUT2D eigenvalue weighted by Crippen LogP contribution is 2.35. The van der Waals surface area contributed by atoms with E-state index in [1.807, 2.05) is 29.0 Å². The summed E-state index contributed by atoms with van der Waals surface area (Å²) in [5, 5.41) is 17.0. The van der Waals surface area contributed by atoms with Crippen LogP contribution >= 0.6 is 27.3 Å². The highest BCUT2D eigenvalue weighted by molar-refractivity contribution is 9.10. The molecule has 5 heteroatoms. The van der Waals surface area contributed by atoms with Gasteiger partial charge in [-0.05, 0) is 45.6 Å². The van der Waals surface area contributed by atoms with Gasteiger partial charge in [0.25, 0.3) is 0 Å². The van der Waals surface area contributed by atoms with E-state index in [9.17, 15) is 9.90 Å². The molecule has 92 valence electrons. The fourth-order valence-corrected chi connectivity index (χ4v) is 3.33. The maximum absolute atomic E-state index is 11.3. The molecule has 2 heterocycles. The Labute approximate surface area is 117 Å². The molecule has 1 aromatic carbocycles. The molecule has 1 aliphatic rings. The van der Waals surface area contributed by atoms with Gasteiger partial charge in [0.2, 0.25) is 5.91 Å². The molecule has 1 unspecified atom stereocenters. The van der Waals surface area contributed by atoms with E-state index in [0.717, 1.165) is 26.9 Å². The number of benzene rings is 1. The van der Waals surface area contributed by atoms with Gasteiger partial charge in [0, 0.05) is 10.2 Å². The van der Waals surface area contributed by atoms with E-state index in [1.165, 1.54) is 0 Å². The third-order valence-electron chi connectivity index (χ3n) is 3.00. The minimum Gasteiger partial charge on any atom is -0.384 e. The highest BCUT2D eigenvalue weighted by atomic mass is 79.9. The minimum atomic E-state index is -0.661. The Kier molecular flexibility index (Phi) is 2.97. The summed E-state index contributed by atoms with van der Waals surface area (Å²) in [6, 6.07) is 5.64. The van der Waals surface area contributed by atoms with Crippen molar-refractivity contribution in [2.45, 2.75) is 12.5 Å². The number of carbonyl (C=O) groups excluding carboxylic acids is 1. The first-order valence-corrected chi connectivity index (χ1v) is 7.21. The fourth-order valence-electron chi connectivity index (χ4n) is 2.09. The van der Waals surface area contributed by atoms with Crippen LogP contribution in [0.5, 0.6) is 0 Å². The molecule has 0 spiro atoms. The van der Waals surface area contributed by atoms with Crippen LogP contribution in [0, 0.1) is 0 Å². The Morgan fingerprint density at radius 1 is 1.44 bits per heavy atom. The zero-order valence-corrected chi connectivity index (χ0v) is 11.7. The average molecular weight is 324 g/mol. The number of carbonyl (C=O) groups is 1. The molecular weight excluding hydrogens is 314 g/mol. The van der Waals surface area contributed by atoms with Crippen molar-refractivity contribution in [1.82, 2.24) is 0 Å². The van der Waals surface area contributed by atoms with Crippen LogP contribution in [-0.2, 0) is 11.2 Å². The zero-order valence-electron chi connectivity index (χ0n) is 9.31. The van der Waals surface area contributed by atoms with E-state index in [0.29, 0.717) is 6.42 Å². The second-order valence-corrected chi connectivity index (χ2v) is 5.85. The largest absolute Gasteiger partial charge is 0.384 e. The van der Waals surface area contributed by atoms with E-state index in [2.05, 4.69) is 21.2 Å². The maximum Gasteiger partial charge on any atom is 0.228 e. The Hall–Kier alpha value is -1.17. The molecule has 2 aromatic rings. The quantitative estimate of drug-likeness (QED) is 0.892. The Morgan fingerprint density at radius 3 is 3.00 bits per heavy atom. The topological polar surface area (TPSA) is 49.3 Å². The van der Waals surface area contributed by atoms with Crippen LogP contribution in [0.15, 0.2) is 33.4 Å². The molecule has 0 bridgehead atoms. The van der Waals surface area contributed by atoms with E-state index in [4.69, 9.17) is 0 Å². The summed E-state index contributed by atoms with van der Waals surface area (Å²) in [5.74, 6) is -0.000858. The second kappa shape index (κ2) is 4.50. The molecule has 0 saturated heterocycles. The van der Waals surface area contributed by atoms with E-state index in [-0.39, 0.29) is 5.91 Å². The monoisotopic (exact) mass is 323 g/mol. The van der Waals surface area contributed by atoms with Crippen LogP contribution in [0.25, 0.3) is 0 Å². The van der Waals surface area contributed by atoms with Gasteiger partial charge in [-0.2, -0.15) is 11.3 Å². The van der Waals surface area contributed by atoms with Crippen molar-refractivity contribution < 1.29 is 9.90 Å². The van der Waals surface area contributed by atoms with Gasteiger partial charge < -0.3 is 10.4 Å². The standard InChI is InChI=1S/C13H10BrNO2S/c14-10-5-11-8(4-12(16)15-11)3-9(10)13(17)7-1-2-18-6-7/h1-3,5-6,13,17H,4H2,(H,15,16). The van der Waals surface area contributed by atoms with Crippen molar-refractivity contribution >= 4 is 38.9 Å².